The van der Waals surface area contributed by atoms with Crippen LogP contribution in [0.2, 0.25) is 5.02 Å². The quantitative estimate of drug-likeness (QED) is 0.671. The van der Waals surface area contributed by atoms with Crippen molar-refractivity contribution in [2.24, 2.45) is 4.99 Å². The van der Waals surface area contributed by atoms with E-state index in [-0.39, 0.29) is 4.90 Å². The van der Waals surface area contributed by atoms with Crippen molar-refractivity contribution in [2.45, 2.75) is 18.2 Å². The van der Waals surface area contributed by atoms with Crippen LogP contribution in [-0.4, -0.2) is 20.8 Å². The molecule has 0 aromatic heterocycles. The van der Waals surface area contributed by atoms with Gasteiger partial charge in [0, 0.05) is 17.1 Å². The SMILES string of the molecule is CCCN=C(NS(=O)(=O)c1ccc(Cl)cc1)c1ccccc1. The predicted molar refractivity (Wildman–Crippen MR) is 89.9 cm³/mol. The molecule has 0 aliphatic heterocycles. The Labute approximate surface area is 135 Å². The number of nitrogens with one attached hydrogen (secondary N) is 1. The standard InChI is InChI=1S/C16H17ClN2O2S/c1-2-12-18-16(13-6-4-3-5-7-13)19-22(20,21)15-10-8-14(17)9-11-15/h3-11H,2,12H2,1H3,(H,18,19). The third-order valence-corrected chi connectivity index (χ3v) is 4.50. The highest BCUT2D eigenvalue weighted by Crippen LogP contribution is 2.14. The van der Waals surface area contributed by atoms with Crippen molar-refractivity contribution >= 4 is 27.5 Å². The van der Waals surface area contributed by atoms with Gasteiger partial charge in [0.1, 0.15) is 5.84 Å². The highest BCUT2D eigenvalue weighted by molar-refractivity contribution is 7.90. The lowest BCUT2D eigenvalue weighted by Crippen LogP contribution is -2.31. The minimum absolute atomic E-state index is 0.150. The number of aliphatic imine (C=N–C) groups is 1. The molecular formula is C16H17ClN2O2S. The van der Waals surface area contributed by atoms with Gasteiger partial charge in [-0.05, 0) is 30.7 Å². The summed E-state index contributed by atoms with van der Waals surface area (Å²) in [5.41, 5.74) is 0.730. The average molecular weight is 337 g/mol. The van der Waals surface area contributed by atoms with Crippen LogP contribution in [0.3, 0.4) is 0 Å². The molecule has 2 aromatic carbocycles. The second kappa shape index (κ2) is 7.42. The third-order valence-electron chi connectivity index (χ3n) is 2.90. The number of amidine groups is 1. The number of halogens is 1. The van der Waals surface area contributed by atoms with Crippen LogP contribution in [-0.2, 0) is 10.0 Å². The number of nitrogens with zero attached hydrogens (tertiary/aromatic N) is 1. The highest BCUT2D eigenvalue weighted by atomic mass is 35.5. The lowest BCUT2D eigenvalue weighted by Gasteiger charge is -2.11. The molecule has 0 saturated heterocycles. The molecule has 116 valence electrons. The van der Waals surface area contributed by atoms with Crippen molar-refractivity contribution in [1.82, 2.24) is 4.72 Å². The van der Waals surface area contributed by atoms with E-state index in [0.717, 1.165) is 12.0 Å². The zero-order chi connectivity index (χ0) is 16.0. The van der Waals surface area contributed by atoms with E-state index in [0.29, 0.717) is 17.4 Å². The van der Waals surface area contributed by atoms with Gasteiger partial charge in [-0.3, -0.25) is 9.71 Å². The molecule has 22 heavy (non-hydrogen) atoms. The Morgan fingerprint density at radius 3 is 2.32 bits per heavy atom. The molecular weight excluding hydrogens is 320 g/mol. The van der Waals surface area contributed by atoms with Crippen molar-refractivity contribution < 1.29 is 8.42 Å². The van der Waals surface area contributed by atoms with Gasteiger partial charge in [0.15, 0.2) is 0 Å². The summed E-state index contributed by atoms with van der Waals surface area (Å²) in [5.74, 6) is 0.345. The Hall–Kier alpha value is -1.85. The molecule has 0 fully saturated rings. The van der Waals surface area contributed by atoms with Crippen LogP contribution >= 0.6 is 11.6 Å². The van der Waals surface area contributed by atoms with Crippen LogP contribution in [0.4, 0.5) is 0 Å². The fourth-order valence-electron chi connectivity index (χ4n) is 1.80. The Bertz CT molecular complexity index is 741. The Kier molecular flexibility index (Phi) is 5.57. The molecule has 0 heterocycles. The van der Waals surface area contributed by atoms with E-state index >= 15 is 0 Å². The maximum Gasteiger partial charge on any atom is 0.263 e. The number of hydrogen-bond donors (Lipinski definition) is 1. The van der Waals surface area contributed by atoms with E-state index in [1.807, 2.05) is 37.3 Å². The molecule has 0 spiro atoms. The van der Waals surface area contributed by atoms with Crippen molar-refractivity contribution in [3.63, 3.8) is 0 Å². The summed E-state index contributed by atoms with van der Waals surface area (Å²) in [6.45, 7) is 2.53. The van der Waals surface area contributed by atoms with E-state index in [9.17, 15) is 8.42 Å². The minimum Gasteiger partial charge on any atom is -0.267 e. The number of sulfonamides is 1. The van der Waals surface area contributed by atoms with Crippen LogP contribution in [0, 0.1) is 0 Å². The number of rotatable bonds is 5. The Balaban J connectivity index is 2.32. The molecule has 0 aliphatic rings. The summed E-state index contributed by atoms with van der Waals surface area (Å²) in [7, 11) is -3.69. The average Bonchev–Trinajstić information content (AvgIpc) is 2.52. The van der Waals surface area contributed by atoms with E-state index in [1.165, 1.54) is 12.1 Å². The van der Waals surface area contributed by atoms with Gasteiger partial charge >= 0.3 is 0 Å². The van der Waals surface area contributed by atoms with E-state index < -0.39 is 10.0 Å². The molecule has 0 aliphatic carbocycles. The maximum atomic E-state index is 12.5. The van der Waals surface area contributed by atoms with Gasteiger partial charge in [0.25, 0.3) is 10.0 Å². The Morgan fingerprint density at radius 2 is 1.73 bits per heavy atom. The molecule has 0 radical (unpaired) electrons. The van der Waals surface area contributed by atoms with Gasteiger partial charge in [-0.2, -0.15) is 0 Å². The molecule has 4 nitrogen and oxygen atoms in total. The molecule has 0 amide bonds. The van der Waals surface area contributed by atoms with Crippen LogP contribution in [0.15, 0.2) is 64.5 Å². The van der Waals surface area contributed by atoms with Crippen molar-refractivity contribution in [1.29, 1.82) is 0 Å². The molecule has 0 bridgehead atoms. The van der Waals surface area contributed by atoms with Crippen LogP contribution in [0.1, 0.15) is 18.9 Å². The number of benzene rings is 2. The second-order valence-corrected chi connectivity index (χ2v) is 6.77. The first kappa shape index (κ1) is 16.5. The van der Waals surface area contributed by atoms with Crippen LogP contribution in [0.25, 0.3) is 0 Å². The first-order chi connectivity index (χ1) is 10.5. The van der Waals surface area contributed by atoms with Crippen molar-refractivity contribution in [3.05, 3.63) is 65.2 Å². The highest BCUT2D eigenvalue weighted by Gasteiger charge is 2.17. The summed E-state index contributed by atoms with van der Waals surface area (Å²) in [6, 6.07) is 15.2. The predicted octanol–water partition coefficient (Wildman–Crippen LogP) is 3.48. The molecule has 0 saturated carbocycles. The molecule has 0 unspecified atom stereocenters. The summed E-state index contributed by atoms with van der Waals surface area (Å²) in [6.07, 6.45) is 0.832. The largest absolute Gasteiger partial charge is 0.267 e. The van der Waals surface area contributed by atoms with E-state index in [2.05, 4.69) is 9.71 Å². The van der Waals surface area contributed by atoms with E-state index in [1.54, 1.807) is 12.1 Å². The Morgan fingerprint density at radius 1 is 1.09 bits per heavy atom. The molecule has 2 rings (SSSR count). The molecule has 0 atom stereocenters. The zero-order valence-corrected chi connectivity index (χ0v) is 13.7. The third kappa shape index (κ3) is 4.32. The first-order valence-electron chi connectivity index (χ1n) is 6.91. The van der Waals surface area contributed by atoms with Gasteiger partial charge in [0.2, 0.25) is 0 Å². The lowest BCUT2D eigenvalue weighted by atomic mass is 10.2. The molecule has 6 heteroatoms. The van der Waals surface area contributed by atoms with Crippen LogP contribution in [0.5, 0.6) is 0 Å². The smallest absolute Gasteiger partial charge is 0.263 e. The van der Waals surface area contributed by atoms with Gasteiger partial charge in [-0.15, -0.1) is 0 Å². The summed E-state index contributed by atoms with van der Waals surface area (Å²) >= 11 is 5.79. The topological polar surface area (TPSA) is 58.5 Å². The van der Waals surface area contributed by atoms with Gasteiger partial charge in [-0.25, -0.2) is 8.42 Å². The zero-order valence-electron chi connectivity index (χ0n) is 12.2. The van der Waals surface area contributed by atoms with Crippen LogP contribution < -0.4 is 4.72 Å². The van der Waals surface area contributed by atoms with Gasteiger partial charge < -0.3 is 0 Å². The second-order valence-electron chi connectivity index (χ2n) is 4.66. The van der Waals surface area contributed by atoms with Gasteiger partial charge in [-0.1, -0.05) is 48.9 Å². The van der Waals surface area contributed by atoms with Crippen molar-refractivity contribution in [3.8, 4) is 0 Å². The van der Waals surface area contributed by atoms with Gasteiger partial charge in [0.05, 0.1) is 4.90 Å². The lowest BCUT2D eigenvalue weighted by molar-refractivity contribution is 0.592. The van der Waals surface area contributed by atoms with E-state index in [4.69, 9.17) is 11.6 Å². The summed E-state index contributed by atoms with van der Waals surface area (Å²) in [4.78, 5) is 4.49. The minimum atomic E-state index is -3.69. The first-order valence-corrected chi connectivity index (χ1v) is 8.77. The normalized spacial score (nSPS) is 12.2. The maximum absolute atomic E-state index is 12.5. The monoisotopic (exact) mass is 336 g/mol. The molecule has 2 aromatic rings. The fourth-order valence-corrected chi connectivity index (χ4v) is 2.98. The number of hydrogen-bond acceptors (Lipinski definition) is 3. The fraction of sp³-hybridized carbons (Fsp3) is 0.188. The summed E-state index contributed by atoms with van der Waals surface area (Å²) in [5, 5.41) is 0.488. The summed E-state index contributed by atoms with van der Waals surface area (Å²) < 4.78 is 27.5. The molecule has 1 N–H and O–H groups in total. The van der Waals surface area contributed by atoms with Crippen molar-refractivity contribution in [2.75, 3.05) is 6.54 Å².